The molecule has 3 aromatic carbocycles. The molecular weight excluding hydrogens is 434 g/mol. The van der Waals surface area contributed by atoms with Crippen molar-refractivity contribution in [1.82, 2.24) is 20.0 Å². The van der Waals surface area contributed by atoms with Gasteiger partial charge in [0.2, 0.25) is 5.91 Å². The van der Waals surface area contributed by atoms with E-state index in [0.29, 0.717) is 11.6 Å². The quantitative estimate of drug-likeness (QED) is 0.346. The third-order valence-corrected chi connectivity index (χ3v) is 5.64. The Hall–Kier alpha value is -4.03. The maximum absolute atomic E-state index is 13.5. The first-order valence-electron chi connectivity index (χ1n) is 10.5. The molecule has 0 spiro atoms. The number of benzene rings is 3. The summed E-state index contributed by atoms with van der Waals surface area (Å²) in [4.78, 5) is 19.4. The first-order chi connectivity index (χ1) is 16.2. The lowest BCUT2D eigenvalue weighted by Crippen LogP contribution is -2.33. The Bertz CT molecular complexity index is 1400. The molecule has 0 saturated carbocycles. The molecule has 7 heteroatoms. The summed E-state index contributed by atoms with van der Waals surface area (Å²) >= 11 is 6.19. The van der Waals surface area contributed by atoms with Gasteiger partial charge in [0.1, 0.15) is 12.1 Å². The van der Waals surface area contributed by atoms with Crippen molar-refractivity contribution in [1.29, 1.82) is 0 Å². The van der Waals surface area contributed by atoms with E-state index in [-0.39, 0.29) is 12.5 Å². The molecular formula is C26H20ClN5O. The smallest absolute Gasteiger partial charge is 0.249 e. The van der Waals surface area contributed by atoms with E-state index in [1.165, 1.54) is 0 Å². The molecule has 162 valence electrons. The van der Waals surface area contributed by atoms with Crippen molar-refractivity contribution in [2.45, 2.75) is 13.1 Å². The number of anilines is 1. The lowest BCUT2D eigenvalue weighted by molar-refractivity contribution is -0.119. The van der Waals surface area contributed by atoms with Crippen molar-refractivity contribution in [2.24, 2.45) is 0 Å². The van der Waals surface area contributed by atoms with Crippen LogP contribution in [0.2, 0.25) is 5.02 Å². The summed E-state index contributed by atoms with van der Waals surface area (Å²) in [6.45, 7) is 0.462. The van der Waals surface area contributed by atoms with Gasteiger partial charge in [-0.2, -0.15) is 0 Å². The molecule has 0 N–H and O–H groups in total. The monoisotopic (exact) mass is 453 g/mol. The number of hydrogen-bond acceptors (Lipinski definition) is 4. The zero-order chi connectivity index (χ0) is 22.6. The third kappa shape index (κ3) is 4.61. The van der Waals surface area contributed by atoms with Crippen molar-refractivity contribution in [2.75, 3.05) is 4.90 Å². The van der Waals surface area contributed by atoms with E-state index in [1.807, 2.05) is 91.1 Å². The maximum Gasteiger partial charge on any atom is 0.249 e. The van der Waals surface area contributed by atoms with Crippen LogP contribution in [0.25, 0.3) is 22.2 Å². The summed E-state index contributed by atoms with van der Waals surface area (Å²) in [6, 6.07) is 26.9. The Morgan fingerprint density at radius 2 is 1.76 bits per heavy atom. The van der Waals surface area contributed by atoms with Gasteiger partial charge in [-0.1, -0.05) is 59.3 Å². The molecule has 2 aromatic heterocycles. The van der Waals surface area contributed by atoms with Crippen LogP contribution in [0.5, 0.6) is 0 Å². The van der Waals surface area contributed by atoms with E-state index in [4.69, 9.17) is 11.6 Å². The van der Waals surface area contributed by atoms with Crippen molar-refractivity contribution in [3.8, 4) is 11.1 Å². The molecule has 0 fully saturated rings. The third-order valence-electron chi connectivity index (χ3n) is 5.41. The highest BCUT2D eigenvalue weighted by Gasteiger charge is 2.19. The van der Waals surface area contributed by atoms with E-state index >= 15 is 0 Å². The number of fused-ring (bicyclic) bond motifs is 1. The van der Waals surface area contributed by atoms with Gasteiger partial charge in [0.05, 0.1) is 12.1 Å². The van der Waals surface area contributed by atoms with Crippen LogP contribution in [0.3, 0.4) is 0 Å². The standard InChI is InChI=1S/C26H20ClN5O/c27-22-7-3-5-19(15-22)17-31(23-12-10-20(11-13-23)21-6-4-14-28-16-21)26(33)18-32-25-9-2-1-8-24(25)29-30-32/h1-16H,17-18H2. The normalized spacial score (nSPS) is 10.9. The highest BCUT2D eigenvalue weighted by atomic mass is 35.5. The highest BCUT2D eigenvalue weighted by molar-refractivity contribution is 6.30. The van der Waals surface area contributed by atoms with Gasteiger partial charge in [-0.3, -0.25) is 9.78 Å². The fraction of sp³-hybridized carbons (Fsp3) is 0.0769. The SMILES string of the molecule is O=C(Cn1nnc2ccccc21)N(Cc1cccc(Cl)c1)c1ccc(-c2cccnc2)cc1. The predicted molar refractivity (Wildman–Crippen MR) is 130 cm³/mol. The molecule has 0 aliphatic rings. The minimum atomic E-state index is -0.0974. The molecule has 1 amide bonds. The summed E-state index contributed by atoms with van der Waals surface area (Å²) in [6.07, 6.45) is 3.57. The van der Waals surface area contributed by atoms with Crippen molar-refractivity contribution in [3.63, 3.8) is 0 Å². The minimum absolute atomic E-state index is 0.0748. The van der Waals surface area contributed by atoms with Crippen LogP contribution >= 0.6 is 11.6 Å². The van der Waals surface area contributed by atoms with Crippen LogP contribution in [-0.4, -0.2) is 25.9 Å². The van der Waals surface area contributed by atoms with Gasteiger partial charge in [-0.25, -0.2) is 4.68 Å². The molecule has 5 aromatic rings. The number of para-hydroxylation sites is 1. The molecule has 0 radical (unpaired) electrons. The number of hydrogen-bond donors (Lipinski definition) is 0. The molecule has 0 aliphatic carbocycles. The number of carbonyl (C=O) groups excluding carboxylic acids is 1. The van der Waals surface area contributed by atoms with E-state index in [9.17, 15) is 4.79 Å². The summed E-state index contributed by atoms with van der Waals surface area (Å²) in [5.74, 6) is -0.0974. The lowest BCUT2D eigenvalue weighted by Gasteiger charge is -2.23. The fourth-order valence-corrected chi connectivity index (χ4v) is 3.97. The van der Waals surface area contributed by atoms with Crippen molar-refractivity contribution >= 4 is 34.2 Å². The summed E-state index contributed by atoms with van der Waals surface area (Å²) in [5, 5.41) is 8.97. The lowest BCUT2D eigenvalue weighted by atomic mass is 10.1. The summed E-state index contributed by atoms with van der Waals surface area (Å²) in [7, 11) is 0. The van der Waals surface area contributed by atoms with Crippen LogP contribution in [0.15, 0.2) is 97.3 Å². The fourth-order valence-electron chi connectivity index (χ4n) is 3.76. The number of pyridine rings is 1. The zero-order valence-electron chi connectivity index (χ0n) is 17.7. The van der Waals surface area contributed by atoms with Crippen molar-refractivity contribution in [3.05, 3.63) is 108 Å². The topological polar surface area (TPSA) is 63.9 Å². The van der Waals surface area contributed by atoms with Crippen molar-refractivity contribution < 1.29 is 4.79 Å². The summed E-state index contributed by atoms with van der Waals surface area (Å²) < 4.78 is 1.63. The molecule has 0 saturated heterocycles. The Morgan fingerprint density at radius 1 is 0.909 bits per heavy atom. The molecule has 0 aliphatic heterocycles. The van der Waals surface area contributed by atoms with E-state index in [1.54, 1.807) is 15.8 Å². The number of rotatable bonds is 6. The second-order valence-corrected chi connectivity index (χ2v) is 8.07. The second kappa shape index (κ2) is 9.22. The van der Waals surface area contributed by atoms with Gasteiger partial charge in [-0.15, -0.1) is 5.10 Å². The Labute approximate surface area is 196 Å². The average Bonchev–Trinajstić information content (AvgIpc) is 3.26. The van der Waals surface area contributed by atoms with Gasteiger partial charge < -0.3 is 4.90 Å². The van der Waals surface area contributed by atoms with Crippen LogP contribution < -0.4 is 4.90 Å². The zero-order valence-corrected chi connectivity index (χ0v) is 18.4. The van der Waals surface area contributed by atoms with Crippen LogP contribution in [0, 0.1) is 0 Å². The first kappa shape index (κ1) is 20.8. The molecule has 2 heterocycles. The number of amides is 1. The molecule has 0 atom stereocenters. The van der Waals surface area contributed by atoms with E-state index in [2.05, 4.69) is 15.3 Å². The van der Waals surface area contributed by atoms with Crippen LogP contribution in [0.4, 0.5) is 5.69 Å². The van der Waals surface area contributed by atoms with Gasteiger partial charge in [-0.05, 0) is 59.2 Å². The molecule has 33 heavy (non-hydrogen) atoms. The van der Waals surface area contributed by atoms with E-state index < -0.39 is 0 Å². The largest absolute Gasteiger partial charge is 0.306 e. The number of aromatic nitrogens is 4. The Morgan fingerprint density at radius 3 is 2.55 bits per heavy atom. The molecule has 6 nitrogen and oxygen atoms in total. The van der Waals surface area contributed by atoms with Gasteiger partial charge in [0.25, 0.3) is 0 Å². The average molecular weight is 454 g/mol. The Kier molecular flexibility index (Phi) is 5.83. The number of carbonyl (C=O) groups is 1. The molecule has 0 unspecified atom stereocenters. The van der Waals surface area contributed by atoms with Gasteiger partial charge in [0, 0.05) is 23.1 Å². The minimum Gasteiger partial charge on any atom is -0.306 e. The number of nitrogens with zero attached hydrogens (tertiary/aromatic N) is 5. The molecule has 5 rings (SSSR count). The maximum atomic E-state index is 13.5. The predicted octanol–water partition coefficient (Wildman–Crippen LogP) is 5.38. The van der Waals surface area contributed by atoms with Gasteiger partial charge >= 0.3 is 0 Å². The summed E-state index contributed by atoms with van der Waals surface area (Å²) in [5.41, 5.74) is 5.36. The Balaban J connectivity index is 1.46. The van der Waals surface area contributed by atoms with Gasteiger partial charge in [0.15, 0.2) is 0 Å². The second-order valence-electron chi connectivity index (χ2n) is 7.63. The van der Waals surface area contributed by atoms with Crippen LogP contribution in [0.1, 0.15) is 5.56 Å². The van der Waals surface area contributed by atoms with E-state index in [0.717, 1.165) is 33.4 Å². The molecule has 0 bridgehead atoms. The highest BCUT2D eigenvalue weighted by Crippen LogP contribution is 2.25. The van der Waals surface area contributed by atoms with Crippen LogP contribution in [-0.2, 0) is 17.9 Å². The first-order valence-corrected chi connectivity index (χ1v) is 10.9. The number of halogens is 1.